The van der Waals surface area contributed by atoms with Gasteiger partial charge in [0.2, 0.25) is 0 Å². The van der Waals surface area contributed by atoms with Crippen LogP contribution >= 0.6 is 11.8 Å². The first-order valence-electron chi connectivity index (χ1n) is 11.6. The minimum Gasteiger partial charge on any atom is -0.398 e. The van der Waals surface area contributed by atoms with Gasteiger partial charge in [0.15, 0.2) is 5.65 Å². The van der Waals surface area contributed by atoms with Gasteiger partial charge >= 0.3 is 0 Å². The predicted octanol–water partition coefficient (Wildman–Crippen LogP) is 5.70. The van der Waals surface area contributed by atoms with Gasteiger partial charge in [-0.25, -0.2) is 14.6 Å². The molecule has 0 unspecified atom stereocenters. The van der Waals surface area contributed by atoms with Crippen molar-refractivity contribution in [3.05, 3.63) is 106 Å². The molecule has 4 aromatic rings. The van der Waals surface area contributed by atoms with E-state index in [-0.39, 0.29) is 0 Å². The third-order valence-electron chi connectivity index (χ3n) is 6.59. The fourth-order valence-corrected chi connectivity index (χ4v) is 5.73. The first-order chi connectivity index (χ1) is 17.4. The van der Waals surface area contributed by atoms with Crippen LogP contribution in [0.4, 0.5) is 11.5 Å². The van der Waals surface area contributed by atoms with Crippen LogP contribution < -0.4 is 11.5 Å². The van der Waals surface area contributed by atoms with Crippen LogP contribution in [0, 0.1) is 6.92 Å². The number of nitrogens with zero attached hydrogens (tertiary/aromatic N) is 5. The lowest BCUT2D eigenvalue weighted by Crippen LogP contribution is -2.21. The fourth-order valence-electron chi connectivity index (χ4n) is 4.76. The van der Waals surface area contributed by atoms with E-state index in [1.54, 1.807) is 11.8 Å². The number of allylic oxidation sites excluding steroid dienone is 4. The predicted molar refractivity (Wildman–Crippen MR) is 148 cm³/mol. The van der Waals surface area contributed by atoms with Crippen LogP contribution in [0.25, 0.3) is 27.9 Å². The van der Waals surface area contributed by atoms with Crippen molar-refractivity contribution in [2.45, 2.75) is 20.4 Å². The average molecular weight is 492 g/mol. The number of nitrogens with two attached hydrogens (primary N) is 2. The van der Waals surface area contributed by atoms with E-state index < -0.39 is 0 Å². The van der Waals surface area contributed by atoms with Crippen molar-refractivity contribution in [3.8, 4) is 11.3 Å². The molecule has 0 amide bonds. The van der Waals surface area contributed by atoms with E-state index >= 15 is 0 Å². The molecule has 36 heavy (non-hydrogen) atoms. The molecule has 178 valence electrons. The number of benzene rings is 2. The maximum atomic E-state index is 6.34. The molecule has 0 bridgehead atoms. The summed E-state index contributed by atoms with van der Waals surface area (Å²) in [4.78, 5) is 11.0. The average Bonchev–Trinajstić information content (AvgIpc) is 3.43. The minimum atomic E-state index is 0.390. The van der Waals surface area contributed by atoms with E-state index in [1.807, 2.05) is 48.0 Å². The summed E-state index contributed by atoms with van der Waals surface area (Å²) >= 11 is 1.70. The molecule has 0 radical (unpaired) electrons. The highest BCUT2D eigenvalue weighted by Crippen LogP contribution is 2.46. The minimum absolute atomic E-state index is 0.390. The van der Waals surface area contributed by atoms with E-state index in [0.29, 0.717) is 29.4 Å². The Morgan fingerprint density at radius 1 is 1.00 bits per heavy atom. The highest BCUT2D eigenvalue weighted by atomic mass is 32.2. The SMILES string of the molecule is C=C1C(c2ccccc2)=C(Cn2nc(-c3ccc(C)c(N)c3)c3c(N)ncnc32)C=C2SC=C(C)N12. The summed E-state index contributed by atoms with van der Waals surface area (Å²) in [6, 6.07) is 16.3. The van der Waals surface area contributed by atoms with Crippen LogP contribution in [0.3, 0.4) is 0 Å². The molecule has 6 rings (SSSR count). The van der Waals surface area contributed by atoms with Gasteiger partial charge in [0, 0.05) is 28.2 Å². The first-order valence-corrected chi connectivity index (χ1v) is 12.5. The van der Waals surface area contributed by atoms with Crippen molar-refractivity contribution in [3.63, 3.8) is 0 Å². The second-order valence-corrected chi connectivity index (χ2v) is 9.83. The van der Waals surface area contributed by atoms with Crippen molar-refractivity contribution in [2.75, 3.05) is 11.5 Å². The fraction of sp³-hybridized carbons (Fsp3) is 0.107. The van der Waals surface area contributed by atoms with E-state index in [0.717, 1.165) is 49.6 Å². The highest BCUT2D eigenvalue weighted by Gasteiger charge is 2.30. The number of aromatic nitrogens is 4. The standard InChI is InChI=1S/C28H25N7S/c1-16-9-10-20(11-22(16)29)26-25-27(30)31-15-32-28(25)34(33-26)13-21-12-23-35(17(2)14-36-23)18(3)24(21)19-7-5-4-6-8-19/h4-12,14-15H,3,13,29H2,1-2H3,(H2,30,31,32). The Morgan fingerprint density at radius 2 is 1.81 bits per heavy atom. The zero-order valence-corrected chi connectivity index (χ0v) is 20.9. The Labute approximate surface area is 213 Å². The molecule has 2 aromatic carbocycles. The van der Waals surface area contributed by atoms with E-state index in [2.05, 4.69) is 52.0 Å². The van der Waals surface area contributed by atoms with Gasteiger partial charge < -0.3 is 16.4 Å². The van der Waals surface area contributed by atoms with Crippen molar-refractivity contribution < 1.29 is 0 Å². The van der Waals surface area contributed by atoms with Crippen LogP contribution in [0.1, 0.15) is 18.1 Å². The zero-order chi connectivity index (χ0) is 25.0. The van der Waals surface area contributed by atoms with Gasteiger partial charge in [0.1, 0.15) is 17.8 Å². The molecular weight excluding hydrogens is 466 g/mol. The summed E-state index contributed by atoms with van der Waals surface area (Å²) < 4.78 is 1.90. The number of aryl methyl sites for hydroxylation is 1. The summed E-state index contributed by atoms with van der Waals surface area (Å²) in [5.74, 6) is 0.390. The van der Waals surface area contributed by atoms with Crippen LogP contribution in [0.2, 0.25) is 0 Å². The Morgan fingerprint density at radius 3 is 2.58 bits per heavy atom. The molecule has 0 fully saturated rings. The quantitative estimate of drug-likeness (QED) is 0.353. The van der Waals surface area contributed by atoms with Crippen molar-refractivity contribution >= 4 is 39.9 Å². The molecule has 2 aliphatic rings. The summed E-state index contributed by atoms with van der Waals surface area (Å²) in [6.07, 6.45) is 3.70. The van der Waals surface area contributed by atoms with Gasteiger partial charge in [-0.05, 0) is 48.1 Å². The normalized spacial score (nSPS) is 15.4. The number of nitrogen functional groups attached to an aromatic ring is 2. The molecule has 4 N–H and O–H groups in total. The highest BCUT2D eigenvalue weighted by molar-refractivity contribution is 8.06. The largest absolute Gasteiger partial charge is 0.398 e. The molecule has 0 saturated heterocycles. The zero-order valence-electron chi connectivity index (χ0n) is 20.1. The number of hydrogen-bond acceptors (Lipinski definition) is 7. The van der Waals surface area contributed by atoms with E-state index in [1.165, 1.54) is 6.33 Å². The van der Waals surface area contributed by atoms with Crippen LogP contribution in [0.5, 0.6) is 0 Å². The van der Waals surface area contributed by atoms with Gasteiger partial charge in [-0.3, -0.25) is 0 Å². The molecule has 0 spiro atoms. The Kier molecular flexibility index (Phi) is 5.19. The third kappa shape index (κ3) is 3.49. The first kappa shape index (κ1) is 22.2. The van der Waals surface area contributed by atoms with Gasteiger partial charge in [-0.2, -0.15) is 5.10 Å². The van der Waals surface area contributed by atoms with Crippen LogP contribution in [-0.4, -0.2) is 24.6 Å². The maximum Gasteiger partial charge on any atom is 0.164 e. The molecule has 0 aliphatic carbocycles. The van der Waals surface area contributed by atoms with Gasteiger partial charge in [0.25, 0.3) is 0 Å². The lowest BCUT2D eigenvalue weighted by Gasteiger charge is -2.31. The van der Waals surface area contributed by atoms with Gasteiger partial charge in [-0.15, -0.1) is 0 Å². The van der Waals surface area contributed by atoms with Crippen LogP contribution in [-0.2, 0) is 6.54 Å². The molecule has 0 saturated carbocycles. The van der Waals surface area contributed by atoms with Crippen molar-refractivity contribution in [1.29, 1.82) is 0 Å². The number of fused-ring (bicyclic) bond motifs is 2. The van der Waals surface area contributed by atoms with Gasteiger partial charge in [-0.1, -0.05) is 60.8 Å². The second-order valence-electron chi connectivity index (χ2n) is 8.94. The smallest absolute Gasteiger partial charge is 0.164 e. The van der Waals surface area contributed by atoms with Crippen molar-refractivity contribution in [2.24, 2.45) is 0 Å². The summed E-state index contributed by atoms with van der Waals surface area (Å²) in [6.45, 7) is 9.07. The third-order valence-corrected chi connectivity index (χ3v) is 7.60. The second kappa shape index (κ2) is 8.42. The molecule has 7 nitrogen and oxygen atoms in total. The number of anilines is 2. The topological polar surface area (TPSA) is 98.9 Å². The molecule has 2 aromatic heterocycles. The van der Waals surface area contributed by atoms with Crippen LogP contribution in [0.15, 0.2) is 94.9 Å². The van der Waals surface area contributed by atoms with E-state index in [9.17, 15) is 0 Å². The lowest BCUT2D eigenvalue weighted by atomic mass is 9.94. The summed E-state index contributed by atoms with van der Waals surface area (Å²) in [5.41, 5.74) is 22.0. The Bertz CT molecular complexity index is 1640. The monoisotopic (exact) mass is 491 g/mol. The Hall–Kier alpha value is -4.30. The van der Waals surface area contributed by atoms with Crippen molar-refractivity contribution in [1.82, 2.24) is 24.6 Å². The molecule has 0 atom stereocenters. The molecular formula is C28H25N7S. The maximum absolute atomic E-state index is 6.34. The van der Waals surface area contributed by atoms with E-state index in [4.69, 9.17) is 16.6 Å². The number of rotatable bonds is 4. The number of thioether (sulfide) groups is 1. The van der Waals surface area contributed by atoms with Gasteiger partial charge in [0.05, 0.1) is 17.0 Å². The number of hydrogen-bond donors (Lipinski definition) is 2. The lowest BCUT2D eigenvalue weighted by molar-refractivity contribution is 0.586. The summed E-state index contributed by atoms with van der Waals surface area (Å²) in [5, 5.41) is 8.99. The summed E-state index contributed by atoms with van der Waals surface area (Å²) in [7, 11) is 0. The molecule has 4 heterocycles. The molecule has 2 aliphatic heterocycles. The molecule has 8 heteroatoms. The Balaban J connectivity index is 1.54.